The largest absolute Gasteiger partial charge is 0.341 e. The van der Waals surface area contributed by atoms with Crippen molar-refractivity contribution in [3.05, 3.63) is 0 Å². The van der Waals surface area contributed by atoms with Crippen LogP contribution in [0.15, 0.2) is 0 Å². The lowest BCUT2D eigenvalue weighted by Gasteiger charge is -2.35. The van der Waals surface area contributed by atoms with Crippen molar-refractivity contribution in [3.8, 4) is 0 Å². The molecule has 0 aliphatic rings. The molecule has 2 N–H and O–H groups in total. The SMILES string of the molecule is CCC(C)(C)N(C)C(=O)CCCN. The summed E-state index contributed by atoms with van der Waals surface area (Å²) in [6, 6.07) is 0. The van der Waals surface area contributed by atoms with Crippen LogP contribution in [0.2, 0.25) is 0 Å². The smallest absolute Gasteiger partial charge is 0.222 e. The first-order chi connectivity index (χ1) is 5.95. The molecule has 0 unspecified atom stereocenters. The Kier molecular flexibility index (Phi) is 4.99. The van der Waals surface area contributed by atoms with Crippen molar-refractivity contribution < 1.29 is 4.79 Å². The highest BCUT2D eigenvalue weighted by atomic mass is 16.2. The number of carbonyl (C=O) groups excluding carboxylic acids is 1. The van der Waals surface area contributed by atoms with Gasteiger partial charge in [0, 0.05) is 19.0 Å². The zero-order valence-corrected chi connectivity index (χ0v) is 9.26. The zero-order chi connectivity index (χ0) is 10.5. The van der Waals surface area contributed by atoms with Gasteiger partial charge in [-0.15, -0.1) is 0 Å². The van der Waals surface area contributed by atoms with Gasteiger partial charge in [-0.05, 0) is 33.2 Å². The van der Waals surface area contributed by atoms with Crippen LogP contribution in [0.5, 0.6) is 0 Å². The topological polar surface area (TPSA) is 46.3 Å². The summed E-state index contributed by atoms with van der Waals surface area (Å²) in [5.41, 5.74) is 5.31. The Bertz CT molecular complexity index is 166. The van der Waals surface area contributed by atoms with E-state index in [4.69, 9.17) is 5.73 Å². The monoisotopic (exact) mass is 186 g/mol. The van der Waals surface area contributed by atoms with Crippen molar-refractivity contribution in [2.75, 3.05) is 13.6 Å². The van der Waals surface area contributed by atoms with Crippen molar-refractivity contribution in [2.45, 2.75) is 45.6 Å². The van der Waals surface area contributed by atoms with E-state index >= 15 is 0 Å². The molecule has 0 saturated carbocycles. The van der Waals surface area contributed by atoms with E-state index < -0.39 is 0 Å². The second kappa shape index (κ2) is 5.22. The van der Waals surface area contributed by atoms with Crippen LogP contribution in [0.3, 0.4) is 0 Å². The molecule has 0 saturated heterocycles. The third-order valence-corrected chi connectivity index (χ3v) is 2.74. The molecule has 0 spiro atoms. The number of carbonyl (C=O) groups is 1. The Morgan fingerprint density at radius 2 is 2.00 bits per heavy atom. The molecule has 0 aliphatic heterocycles. The average Bonchev–Trinajstić information content (AvgIpc) is 2.12. The van der Waals surface area contributed by atoms with Gasteiger partial charge < -0.3 is 10.6 Å². The quantitative estimate of drug-likeness (QED) is 0.705. The minimum absolute atomic E-state index is 0.0360. The van der Waals surface area contributed by atoms with Crippen molar-refractivity contribution >= 4 is 5.91 Å². The first-order valence-corrected chi connectivity index (χ1v) is 4.92. The lowest BCUT2D eigenvalue weighted by Crippen LogP contribution is -2.44. The third-order valence-electron chi connectivity index (χ3n) is 2.74. The Hall–Kier alpha value is -0.570. The lowest BCUT2D eigenvalue weighted by molar-refractivity contribution is -0.134. The molecule has 78 valence electrons. The van der Waals surface area contributed by atoms with Gasteiger partial charge in [0.05, 0.1) is 0 Å². The summed E-state index contributed by atoms with van der Waals surface area (Å²) in [5.74, 6) is 0.192. The normalized spacial score (nSPS) is 11.5. The predicted molar refractivity (Wildman–Crippen MR) is 55.4 cm³/mol. The van der Waals surface area contributed by atoms with Crippen LogP contribution in [-0.2, 0) is 4.79 Å². The van der Waals surface area contributed by atoms with Gasteiger partial charge in [-0.3, -0.25) is 4.79 Å². The molecular weight excluding hydrogens is 164 g/mol. The maximum atomic E-state index is 11.6. The Morgan fingerprint density at radius 3 is 2.38 bits per heavy atom. The van der Waals surface area contributed by atoms with Crippen LogP contribution in [0, 0.1) is 0 Å². The summed E-state index contributed by atoms with van der Waals surface area (Å²) in [6.45, 7) is 6.83. The highest BCUT2D eigenvalue weighted by molar-refractivity contribution is 5.76. The Morgan fingerprint density at radius 1 is 1.46 bits per heavy atom. The van der Waals surface area contributed by atoms with Crippen molar-refractivity contribution in [2.24, 2.45) is 5.73 Å². The summed E-state index contributed by atoms with van der Waals surface area (Å²) in [6.07, 6.45) is 2.32. The van der Waals surface area contributed by atoms with E-state index in [1.54, 1.807) is 0 Å². The number of rotatable bonds is 5. The third kappa shape index (κ3) is 3.77. The van der Waals surface area contributed by atoms with Gasteiger partial charge in [-0.2, -0.15) is 0 Å². The molecule has 0 aromatic heterocycles. The zero-order valence-electron chi connectivity index (χ0n) is 9.26. The standard InChI is InChI=1S/C10H22N2O/c1-5-10(2,3)12(4)9(13)7-6-8-11/h5-8,11H2,1-4H3. The van der Waals surface area contributed by atoms with Crippen molar-refractivity contribution in [3.63, 3.8) is 0 Å². The fourth-order valence-corrected chi connectivity index (χ4v) is 0.996. The van der Waals surface area contributed by atoms with Crippen LogP contribution in [0.4, 0.5) is 0 Å². The van der Waals surface area contributed by atoms with E-state index in [1.807, 2.05) is 11.9 Å². The van der Waals surface area contributed by atoms with Crippen LogP contribution in [-0.4, -0.2) is 29.9 Å². The average molecular weight is 186 g/mol. The van der Waals surface area contributed by atoms with E-state index in [0.29, 0.717) is 13.0 Å². The maximum absolute atomic E-state index is 11.6. The van der Waals surface area contributed by atoms with Gasteiger partial charge in [0.25, 0.3) is 0 Å². The van der Waals surface area contributed by atoms with E-state index in [2.05, 4.69) is 20.8 Å². The van der Waals surface area contributed by atoms with Crippen LogP contribution in [0.1, 0.15) is 40.0 Å². The second-order valence-electron chi connectivity index (χ2n) is 4.01. The highest BCUT2D eigenvalue weighted by Crippen LogP contribution is 2.17. The number of hydrogen-bond acceptors (Lipinski definition) is 2. The van der Waals surface area contributed by atoms with E-state index in [0.717, 1.165) is 12.8 Å². The summed E-state index contributed by atoms with van der Waals surface area (Å²) in [5, 5.41) is 0. The minimum atomic E-state index is -0.0360. The first kappa shape index (κ1) is 12.4. The molecule has 0 rings (SSSR count). The van der Waals surface area contributed by atoms with Crippen LogP contribution in [0.25, 0.3) is 0 Å². The number of amides is 1. The van der Waals surface area contributed by atoms with Crippen molar-refractivity contribution in [1.29, 1.82) is 0 Å². The van der Waals surface area contributed by atoms with Crippen LogP contribution >= 0.6 is 0 Å². The van der Waals surface area contributed by atoms with Gasteiger partial charge in [-0.1, -0.05) is 6.92 Å². The number of nitrogens with two attached hydrogens (primary N) is 1. The highest BCUT2D eigenvalue weighted by Gasteiger charge is 2.24. The predicted octanol–water partition coefficient (Wildman–Crippen LogP) is 1.37. The van der Waals surface area contributed by atoms with Gasteiger partial charge >= 0.3 is 0 Å². The molecule has 1 amide bonds. The summed E-state index contributed by atoms with van der Waals surface area (Å²) in [7, 11) is 1.86. The summed E-state index contributed by atoms with van der Waals surface area (Å²) >= 11 is 0. The molecule has 0 radical (unpaired) electrons. The first-order valence-electron chi connectivity index (χ1n) is 4.92. The number of nitrogens with zero attached hydrogens (tertiary/aromatic N) is 1. The molecule has 0 fully saturated rings. The Balaban J connectivity index is 4.09. The van der Waals surface area contributed by atoms with E-state index in [9.17, 15) is 4.79 Å². The molecule has 0 aromatic carbocycles. The second-order valence-corrected chi connectivity index (χ2v) is 4.01. The van der Waals surface area contributed by atoms with Gasteiger partial charge in [0.2, 0.25) is 5.91 Å². The molecule has 0 atom stereocenters. The maximum Gasteiger partial charge on any atom is 0.222 e. The van der Waals surface area contributed by atoms with Gasteiger partial charge in [0.1, 0.15) is 0 Å². The molecular formula is C10H22N2O. The summed E-state index contributed by atoms with van der Waals surface area (Å²) < 4.78 is 0. The van der Waals surface area contributed by atoms with Crippen LogP contribution < -0.4 is 5.73 Å². The molecule has 13 heavy (non-hydrogen) atoms. The van der Waals surface area contributed by atoms with Gasteiger partial charge in [0.15, 0.2) is 0 Å². The molecule has 3 nitrogen and oxygen atoms in total. The molecule has 0 aliphatic carbocycles. The fraction of sp³-hybridized carbons (Fsp3) is 0.900. The molecule has 3 heteroatoms. The molecule has 0 bridgehead atoms. The fourth-order valence-electron chi connectivity index (χ4n) is 0.996. The van der Waals surface area contributed by atoms with Crippen molar-refractivity contribution in [1.82, 2.24) is 4.90 Å². The number of hydrogen-bond donors (Lipinski definition) is 1. The molecule has 0 aromatic rings. The van der Waals surface area contributed by atoms with E-state index in [1.165, 1.54) is 0 Å². The molecule has 0 heterocycles. The minimum Gasteiger partial charge on any atom is -0.341 e. The summed E-state index contributed by atoms with van der Waals surface area (Å²) in [4.78, 5) is 13.4. The lowest BCUT2D eigenvalue weighted by atomic mass is 9.99. The van der Waals surface area contributed by atoms with Gasteiger partial charge in [-0.25, -0.2) is 0 Å². The Labute approximate surface area is 81.3 Å². The van der Waals surface area contributed by atoms with E-state index in [-0.39, 0.29) is 11.4 Å².